The van der Waals surface area contributed by atoms with Crippen molar-refractivity contribution in [3.63, 3.8) is 0 Å². The molecule has 1 rings (SSSR count). The van der Waals surface area contributed by atoms with Gasteiger partial charge in [0.1, 0.15) is 11.6 Å². The van der Waals surface area contributed by atoms with Crippen molar-refractivity contribution in [2.45, 2.75) is 6.42 Å². The minimum absolute atomic E-state index is 0.00463. The van der Waals surface area contributed by atoms with E-state index in [1.807, 2.05) is 0 Å². The molecule has 1 aromatic heterocycles. The Morgan fingerprint density at radius 1 is 1.30 bits per heavy atom. The van der Waals surface area contributed by atoms with Gasteiger partial charge < -0.3 is 0 Å². The molecule has 1 aromatic rings. The van der Waals surface area contributed by atoms with Gasteiger partial charge in [0.05, 0.1) is 12.4 Å². The first-order valence-electron chi connectivity index (χ1n) is 2.83. The second-order valence-electron chi connectivity index (χ2n) is 1.83. The highest BCUT2D eigenvalue weighted by Crippen LogP contribution is 2.09. The van der Waals surface area contributed by atoms with Crippen molar-refractivity contribution in [3.8, 4) is 0 Å². The van der Waals surface area contributed by atoms with Crippen molar-refractivity contribution in [2.24, 2.45) is 0 Å². The van der Waals surface area contributed by atoms with Crippen molar-refractivity contribution in [2.75, 3.05) is 0 Å². The van der Waals surface area contributed by atoms with Crippen LogP contribution in [0, 0.1) is 18.6 Å². The summed E-state index contributed by atoms with van der Waals surface area (Å²) < 4.78 is 25.0. The molecule has 10 heavy (non-hydrogen) atoms. The molecule has 0 atom stereocenters. The molecule has 0 saturated heterocycles. The molecule has 0 aliphatic heterocycles. The predicted octanol–water partition coefficient (Wildman–Crippen LogP) is 1.74. The third-order valence-corrected chi connectivity index (χ3v) is 1.20. The summed E-state index contributed by atoms with van der Waals surface area (Å²) in [6.45, 7) is 3.37. The van der Waals surface area contributed by atoms with Gasteiger partial charge in [-0.3, -0.25) is 4.98 Å². The number of hydrogen-bond acceptors (Lipinski definition) is 1. The summed E-state index contributed by atoms with van der Waals surface area (Å²) >= 11 is 0. The summed E-state index contributed by atoms with van der Waals surface area (Å²) in [6.07, 6.45) is 2.06. The Morgan fingerprint density at radius 2 is 1.80 bits per heavy atom. The summed E-state index contributed by atoms with van der Waals surface area (Å²) in [7, 11) is 0. The summed E-state index contributed by atoms with van der Waals surface area (Å²) in [4.78, 5) is 3.31. The van der Waals surface area contributed by atoms with Crippen LogP contribution < -0.4 is 0 Å². The SMILES string of the molecule is [CH2]Cc1c(F)cncc1F. The van der Waals surface area contributed by atoms with Gasteiger partial charge in [-0.05, 0) is 13.3 Å². The number of nitrogens with zero attached hydrogens (tertiary/aromatic N) is 1. The van der Waals surface area contributed by atoms with E-state index in [-0.39, 0.29) is 12.0 Å². The van der Waals surface area contributed by atoms with Gasteiger partial charge in [0.2, 0.25) is 0 Å². The summed E-state index contributed by atoms with van der Waals surface area (Å²) in [5, 5.41) is 0. The molecule has 0 unspecified atom stereocenters. The normalized spacial score (nSPS) is 9.90. The summed E-state index contributed by atoms with van der Waals surface area (Å²) in [5.41, 5.74) is -0.00463. The number of hydrogen-bond donors (Lipinski definition) is 0. The van der Waals surface area contributed by atoms with Crippen molar-refractivity contribution in [1.29, 1.82) is 0 Å². The predicted molar refractivity (Wildman–Crippen MR) is 33.2 cm³/mol. The topological polar surface area (TPSA) is 12.9 Å². The molecule has 0 spiro atoms. The van der Waals surface area contributed by atoms with Gasteiger partial charge in [0.15, 0.2) is 0 Å². The van der Waals surface area contributed by atoms with E-state index in [9.17, 15) is 8.78 Å². The van der Waals surface area contributed by atoms with E-state index < -0.39 is 11.6 Å². The van der Waals surface area contributed by atoms with Crippen LogP contribution in [0.3, 0.4) is 0 Å². The van der Waals surface area contributed by atoms with Gasteiger partial charge in [-0.15, -0.1) is 0 Å². The molecule has 0 N–H and O–H groups in total. The van der Waals surface area contributed by atoms with Crippen molar-refractivity contribution < 1.29 is 8.78 Å². The minimum atomic E-state index is -0.630. The molecular weight excluding hydrogens is 136 g/mol. The van der Waals surface area contributed by atoms with Gasteiger partial charge in [0.25, 0.3) is 0 Å². The third kappa shape index (κ3) is 1.12. The molecule has 1 heterocycles. The standard InChI is InChI=1S/C7H6F2N/c1-2-5-6(8)3-10-4-7(5)9/h3-4H,1-2H2. The molecule has 3 heteroatoms. The highest BCUT2D eigenvalue weighted by molar-refractivity contribution is 5.15. The van der Waals surface area contributed by atoms with E-state index in [2.05, 4.69) is 11.9 Å². The lowest BCUT2D eigenvalue weighted by Gasteiger charge is -1.97. The molecule has 0 saturated carbocycles. The van der Waals surface area contributed by atoms with Crippen LogP contribution in [-0.2, 0) is 6.42 Å². The lowest BCUT2D eigenvalue weighted by Crippen LogP contribution is -1.94. The Hall–Kier alpha value is -0.990. The smallest absolute Gasteiger partial charge is 0.147 e. The fourth-order valence-corrected chi connectivity index (χ4v) is 0.677. The van der Waals surface area contributed by atoms with Gasteiger partial charge in [0, 0.05) is 5.56 Å². The van der Waals surface area contributed by atoms with Crippen LogP contribution in [0.5, 0.6) is 0 Å². The lowest BCUT2D eigenvalue weighted by atomic mass is 10.2. The van der Waals surface area contributed by atoms with Crippen molar-refractivity contribution >= 4 is 0 Å². The Labute approximate surface area is 57.7 Å². The maximum absolute atomic E-state index is 12.5. The van der Waals surface area contributed by atoms with E-state index in [0.717, 1.165) is 12.4 Å². The average molecular weight is 142 g/mol. The van der Waals surface area contributed by atoms with Gasteiger partial charge >= 0.3 is 0 Å². The molecular formula is C7H6F2N. The quantitative estimate of drug-likeness (QED) is 0.582. The van der Waals surface area contributed by atoms with Crippen LogP contribution in [0.25, 0.3) is 0 Å². The second-order valence-corrected chi connectivity index (χ2v) is 1.83. The second kappa shape index (κ2) is 2.73. The molecule has 0 amide bonds. The van der Waals surface area contributed by atoms with E-state index in [1.54, 1.807) is 0 Å². The maximum atomic E-state index is 12.5. The largest absolute Gasteiger partial charge is 0.259 e. The van der Waals surface area contributed by atoms with E-state index >= 15 is 0 Å². The lowest BCUT2D eigenvalue weighted by molar-refractivity contribution is 0.552. The van der Waals surface area contributed by atoms with Crippen molar-refractivity contribution in [3.05, 3.63) is 36.5 Å². The maximum Gasteiger partial charge on any atom is 0.147 e. The monoisotopic (exact) mass is 142 g/mol. The first kappa shape index (κ1) is 7.12. The minimum Gasteiger partial charge on any atom is -0.259 e. The van der Waals surface area contributed by atoms with E-state index in [0.29, 0.717) is 0 Å². The number of pyridine rings is 1. The molecule has 0 aromatic carbocycles. The number of rotatable bonds is 1. The molecule has 53 valence electrons. The number of halogens is 2. The third-order valence-electron chi connectivity index (χ3n) is 1.20. The van der Waals surface area contributed by atoms with Crippen LogP contribution in [0.1, 0.15) is 5.56 Å². The van der Waals surface area contributed by atoms with Crippen LogP contribution in [-0.4, -0.2) is 4.98 Å². The van der Waals surface area contributed by atoms with Gasteiger partial charge in [-0.1, -0.05) is 0 Å². The van der Waals surface area contributed by atoms with Gasteiger partial charge in [-0.25, -0.2) is 8.78 Å². The van der Waals surface area contributed by atoms with Crippen LogP contribution in [0.15, 0.2) is 12.4 Å². The molecule has 0 fully saturated rings. The Balaban J connectivity index is 3.17. The Kier molecular flexibility index (Phi) is 1.94. The first-order chi connectivity index (χ1) is 4.75. The Morgan fingerprint density at radius 3 is 2.10 bits per heavy atom. The highest BCUT2D eigenvalue weighted by atomic mass is 19.1. The van der Waals surface area contributed by atoms with Gasteiger partial charge in [-0.2, -0.15) is 0 Å². The van der Waals surface area contributed by atoms with Crippen LogP contribution in [0.2, 0.25) is 0 Å². The number of aromatic nitrogens is 1. The van der Waals surface area contributed by atoms with E-state index in [4.69, 9.17) is 0 Å². The van der Waals surface area contributed by atoms with E-state index in [1.165, 1.54) is 0 Å². The zero-order chi connectivity index (χ0) is 7.56. The summed E-state index contributed by atoms with van der Waals surface area (Å²) in [5.74, 6) is -1.26. The molecule has 0 bridgehead atoms. The van der Waals surface area contributed by atoms with Crippen LogP contribution >= 0.6 is 0 Å². The zero-order valence-electron chi connectivity index (χ0n) is 5.27. The molecule has 1 radical (unpaired) electrons. The zero-order valence-corrected chi connectivity index (χ0v) is 5.27. The first-order valence-corrected chi connectivity index (χ1v) is 2.83. The molecule has 0 aliphatic rings. The Bertz CT molecular complexity index is 215. The molecule has 1 nitrogen and oxygen atoms in total. The fraction of sp³-hybridized carbons (Fsp3) is 0.143. The highest BCUT2D eigenvalue weighted by Gasteiger charge is 2.04. The molecule has 0 aliphatic carbocycles. The summed E-state index contributed by atoms with van der Waals surface area (Å²) in [6, 6.07) is 0. The van der Waals surface area contributed by atoms with Crippen LogP contribution in [0.4, 0.5) is 8.78 Å². The fourth-order valence-electron chi connectivity index (χ4n) is 0.677. The average Bonchev–Trinajstić information content (AvgIpc) is 1.88. The van der Waals surface area contributed by atoms with Crippen molar-refractivity contribution in [1.82, 2.24) is 4.98 Å².